The molecule has 1 unspecified atom stereocenters. The minimum Gasteiger partial charge on any atom is -0.480 e. The third-order valence-electron chi connectivity index (χ3n) is 4.13. The van der Waals surface area contributed by atoms with E-state index in [0.717, 1.165) is 11.8 Å². The van der Waals surface area contributed by atoms with Crippen molar-refractivity contribution in [2.24, 2.45) is 0 Å². The van der Waals surface area contributed by atoms with E-state index in [-0.39, 0.29) is 4.32 Å². The second-order valence-electron chi connectivity index (χ2n) is 5.99. The van der Waals surface area contributed by atoms with Crippen molar-refractivity contribution in [1.82, 2.24) is 4.90 Å². The van der Waals surface area contributed by atoms with Gasteiger partial charge in [0.2, 0.25) is 0 Å². The summed E-state index contributed by atoms with van der Waals surface area (Å²) >= 11 is 20.1. The Bertz CT molecular complexity index is 1010. The van der Waals surface area contributed by atoms with Gasteiger partial charge < -0.3 is 9.52 Å². The monoisotopic (exact) mass is 487 g/mol. The number of thioether (sulfide) groups is 2. The van der Waals surface area contributed by atoms with Gasteiger partial charge in [-0.05, 0) is 42.7 Å². The SMILES string of the molecule is CSCCC(C(=O)O)N1C(=O)/C(=C\c2ccc(-c3cccc(Cl)c3Cl)o2)SC1=S. The van der Waals surface area contributed by atoms with E-state index in [4.69, 9.17) is 39.8 Å². The lowest BCUT2D eigenvalue weighted by Gasteiger charge is -2.22. The van der Waals surface area contributed by atoms with E-state index >= 15 is 0 Å². The number of nitrogens with zero attached hydrogens (tertiary/aromatic N) is 1. The number of carboxylic acids is 1. The van der Waals surface area contributed by atoms with Crippen LogP contribution in [0.15, 0.2) is 39.7 Å². The van der Waals surface area contributed by atoms with E-state index in [1.54, 1.807) is 36.4 Å². The molecule has 1 fully saturated rings. The fraction of sp³-hybridized carbons (Fsp3) is 0.211. The number of hydrogen-bond acceptors (Lipinski definition) is 6. The minimum absolute atomic E-state index is 0.222. The molecular formula is C19H15Cl2NO4S3. The smallest absolute Gasteiger partial charge is 0.326 e. The molecule has 0 saturated carbocycles. The van der Waals surface area contributed by atoms with Crippen LogP contribution in [0.5, 0.6) is 0 Å². The molecule has 1 atom stereocenters. The molecule has 1 aliphatic rings. The van der Waals surface area contributed by atoms with Crippen molar-refractivity contribution in [2.45, 2.75) is 12.5 Å². The van der Waals surface area contributed by atoms with Crippen LogP contribution < -0.4 is 0 Å². The number of carbonyl (C=O) groups excluding carboxylic acids is 1. The van der Waals surface area contributed by atoms with Gasteiger partial charge in [-0.2, -0.15) is 11.8 Å². The largest absolute Gasteiger partial charge is 0.480 e. The maximum atomic E-state index is 12.8. The highest BCUT2D eigenvalue weighted by Crippen LogP contribution is 2.37. The highest BCUT2D eigenvalue weighted by molar-refractivity contribution is 8.26. The van der Waals surface area contributed by atoms with Gasteiger partial charge in [0.15, 0.2) is 0 Å². The summed E-state index contributed by atoms with van der Waals surface area (Å²) in [4.78, 5) is 25.9. The van der Waals surface area contributed by atoms with E-state index in [9.17, 15) is 14.7 Å². The summed E-state index contributed by atoms with van der Waals surface area (Å²) < 4.78 is 6.01. The first kappa shape index (κ1) is 22.2. The first-order chi connectivity index (χ1) is 13.8. The molecule has 1 aliphatic heterocycles. The number of rotatable bonds is 7. The number of aliphatic carboxylic acids is 1. The fourth-order valence-electron chi connectivity index (χ4n) is 2.74. The number of carbonyl (C=O) groups is 2. The Balaban J connectivity index is 1.86. The molecule has 5 nitrogen and oxygen atoms in total. The zero-order valence-electron chi connectivity index (χ0n) is 15.1. The second kappa shape index (κ2) is 9.57. The maximum Gasteiger partial charge on any atom is 0.326 e. The zero-order chi connectivity index (χ0) is 21.1. The summed E-state index contributed by atoms with van der Waals surface area (Å²) in [5, 5.41) is 10.3. The molecular weight excluding hydrogens is 473 g/mol. The molecule has 1 amide bonds. The van der Waals surface area contributed by atoms with Gasteiger partial charge in [-0.3, -0.25) is 9.69 Å². The van der Waals surface area contributed by atoms with Gasteiger partial charge in [-0.1, -0.05) is 53.2 Å². The summed E-state index contributed by atoms with van der Waals surface area (Å²) in [5.41, 5.74) is 0.634. The van der Waals surface area contributed by atoms with Crippen molar-refractivity contribution < 1.29 is 19.1 Å². The van der Waals surface area contributed by atoms with Crippen molar-refractivity contribution >= 4 is 81.2 Å². The number of hydrogen-bond donors (Lipinski definition) is 1. The van der Waals surface area contributed by atoms with Crippen molar-refractivity contribution in [3.8, 4) is 11.3 Å². The summed E-state index contributed by atoms with van der Waals surface area (Å²) in [6, 6.07) is 7.65. The normalized spacial score (nSPS) is 16.7. The van der Waals surface area contributed by atoms with Gasteiger partial charge in [-0.25, -0.2) is 4.79 Å². The summed E-state index contributed by atoms with van der Waals surface area (Å²) in [6.45, 7) is 0. The first-order valence-electron chi connectivity index (χ1n) is 8.36. The van der Waals surface area contributed by atoms with E-state index in [1.807, 2.05) is 6.26 Å². The molecule has 1 saturated heterocycles. The highest BCUT2D eigenvalue weighted by Gasteiger charge is 2.40. The van der Waals surface area contributed by atoms with Gasteiger partial charge in [0, 0.05) is 11.6 Å². The third kappa shape index (κ3) is 4.83. The molecule has 1 aromatic carbocycles. The number of benzene rings is 1. The topological polar surface area (TPSA) is 70.8 Å². The fourth-order valence-corrected chi connectivity index (χ4v) is 4.93. The van der Waals surface area contributed by atoms with Crippen LogP contribution >= 0.6 is 58.9 Å². The second-order valence-corrected chi connectivity index (χ2v) is 9.44. The molecule has 0 aliphatic carbocycles. The van der Waals surface area contributed by atoms with Crippen LogP contribution in [0, 0.1) is 0 Å². The third-order valence-corrected chi connectivity index (χ3v) is 6.93. The lowest BCUT2D eigenvalue weighted by molar-refractivity contribution is -0.145. The van der Waals surface area contributed by atoms with Crippen LogP contribution in [-0.4, -0.2) is 44.3 Å². The van der Waals surface area contributed by atoms with Gasteiger partial charge in [0.05, 0.1) is 15.0 Å². The Morgan fingerprint density at radius 3 is 2.83 bits per heavy atom. The quantitative estimate of drug-likeness (QED) is 0.398. The van der Waals surface area contributed by atoms with E-state index in [2.05, 4.69) is 0 Å². The van der Waals surface area contributed by atoms with Crippen LogP contribution in [-0.2, 0) is 9.59 Å². The standard InChI is InChI=1S/C19H15Cl2NO4S3/c1-28-8-7-13(18(24)25)22-17(23)15(29-19(22)27)9-10-5-6-14(26-10)11-3-2-4-12(20)16(11)21/h2-6,9,13H,7-8H2,1H3,(H,24,25)/b15-9+. The Kier molecular flexibility index (Phi) is 7.34. The Morgan fingerprint density at radius 1 is 1.38 bits per heavy atom. The molecule has 2 heterocycles. The van der Waals surface area contributed by atoms with Crippen molar-refractivity contribution in [3.05, 3.63) is 51.0 Å². The Labute approximate surface area is 191 Å². The molecule has 0 spiro atoms. The van der Waals surface area contributed by atoms with Gasteiger partial charge >= 0.3 is 5.97 Å². The van der Waals surface area contributed by atoms with Crippen LogP contribution in [0.3, 0.4) is 0 Å². The molecule has 152 valence electrons. The summed E-state index contributed by atoms with van der Waals surface area (Å²) in [6.07, 6.45) is 3.74. The van der Waals surface area contributed by atoms with Crippen LogP contribution in [0.2, 0.25) is 10.0 Å². The number of amides is 1. The zero-order valence-corrected chi connectivity index (χ0v) is 19.0. The van der Waals surface area contributed by atoms with Crippen LogP contribution in [0.25, 0.3) is 17.4 Å². The van der Waals surface area contributed by atoms with Gasteiger partial charge in [-0.15, -0.1) is 0 Å². The van der Waals surface area contributed by atoms with E-state index in [0.29, 0.717) is 44.2 Å². The summed E-state index contributed by atoms with van der Waals surface area (Å²) in [7, 11) is 0. The molecule has 29 heavy (non-hydrogen) atoms. The predicted octanol–water partition coefficient (Wildman–Crippen LogP) is 5.66. The average molecular weight is 488 g/mol. The van der Waals surface area contributed by atoms with E-state index in [1.165, 1.54) is 16.7 Å². The number of furan rings is 1. The lowest BCUT2D eigenvalue weighted by atomic mass is 10.2. The molecule has 0 bridgehead atoms. The molecule has 3 rings (SSSR count). The van der Waals surface area contributed by atoms with Crippen LogP contribution in [0.4, 0.5) is 0 Å². The summed E-state index contributed by atoms with van der Waals surface area (Å²) in [5.74, 6) is 0.0181. The predicted molar refractivity (Wildman–Crippen MR) is 124 cm³/mol. The lowest BCUT2D eigenvalue weighted by Crippen LogP contribution is -2.44. The number of thiocarbonyl (C=S) groups is 1. The van der Waals surface area contributed by atoms with Crippen molar-refractivity contribution in [2.75, 3.05) is 12.0 Å². The molecule has 1 aromatic heterocycles. The molecule has 0 radical (unpaired) electrons. The van der Waals surface area contributed by atoms with Gasteiger partial charge in [0.25, 0.3) is 5.91 Å². The van der Waals surface area contributed by atoms with Crippen molar-refractivity contribution in [3.63, 3.8) is 0 Å². The van der Waals surface area contributed by atoms with Crippen LogP contribution in [0.1, 0.15) is 12.2 Å². The molecule has 10 heteroatoms. The molecule has 1 N–H and O–H groups in total. The van der Waals surface area contributed by atoms with Crippen molar-refractivity contribution in [1.29, 1.82) is 0 Å². The van der Waals surface area contributed by atoms with E-state index < -0.39 is 17.9 Å². The number of carboxylic acid groups (broad SMARTS) is 1. The Hall–Kier alpha value is -1.45. The number of halogens is 2. The minimum atomic E-state index is -1.08. The average Bonchev–Trinajstić information content (AvgIpc) is 3.24. The maximum absolute atomic E-state index is 12.8. The van der Waals surface area contributed by atoms with Gasteiger partial charge in [0.1, 0.15) is 21.9 Å². The molecule has 2 aromatic rings. The Morgan fingerprint density at radius 2 is 2.14 bits per heavy atom. The highest BCUT2D eigenvalue weighted by atomic mass is 35.5. The first-order valence-corrected chi connectivity index (χ1v) is 11.7.